The van der Waals surface area contributed by atoms with Gasteiger partial charge in [-0.3, -0.25) is 20.2 Å². The van der Waals surface area contributed by atoms with E-state index in [-0.39, 0.29) is 35.5 Å². The summed E-state index contributed by atoms with van der Waals surface area (Å²) >= 11 is 8.33. The van der Waals surface area contributed by atoms with Crippen molar-refractivity contribution in [1.82, 2.24) is 0 Å². The first kappa shape index (κ1) is 26.0. The van der Waals surface area contributed by atoms with Crippen LogP contribution in [0.25, 0.3) is 6.08 Å². The molecule has 3 aromatic rings. The lowest BCUT2D eigenvalue weighted by molar-refractivity contribution is -0.394. The van der Waals surface area contributed by atoms with E-state index in [0.29, 0.717) is 16.1 Å². The van der Waals surface area contributed by atoms with Crippen molar-refractivity contribution in [2.75, 3.05) is 6.61 Å². The van der Waals surface area contributed by atoms with Gasteiger partial charge in [-0.15, -0.1) is 0 Å². The first-order valence-corrected chi connectivity index (χ1v) is 12.0. The maximum Gasteiger partial charge on any atom is 0.363 e. The number of ether oxygens (including phenoxy) is 3. The molecule has 4 rings (SSSR count). The Morgan fingerprint density at radius 1 is 1.03 bits per heavy atom. The van der Waals surface area contributed by atoms with E-state index in [0.717, 1.165) is 21.8 Å². The molecule has 3 aromatic carbocycles. The Bertz CT molecular complexity index is 1510. The number of benzene rings is 3. The topological polar surface area (TPSA) is 143 Å². The van der Waals surface area contributed by atoms with Gasteiger partial charge >= 0.3 is 11.7 Å². The normalized spacial score (nSPS) is 13.8. The fourth-order valence-electron chi connectivity index (χ4n) is 3.28. The van der Waals surface area contributed by atoms with Crippen molar-refractivity contribution in [2.45, 2.75) is 6.92 Å². The Labute approximate surface area is 227 Å². The molecule has 0 saturated carbocycles. The predicted molar refractivity (Wildman–Crippen MR) is 142 cm³/mol. The Kier molecular flexibility index (Phi) is 7.69. The molecule has 0 atom stereocenters. The van der Waals surface area contributed by atoms with Gasteiger partial charge in [-0.25, -0.2) is 9.79 Å². The average molecular weight is 636 g/mol. The van der Waals surface area contributed by atoms with Gasteiger partial charge in [0.15, 0.2) is 17.2 Å². The van der Waals surface area contributed by atoms with Crippen LogP contribution in [0, 0.1) is 23.8 Å². The quantitative estimate of drug-likeness (QED) is 0.0923. The molecule has 188 valence electrons. The van der Waals surface area contributed by atoms with Gasteiger partial charge in [0.1, 0.15) is 0 Å². The summed E-state index contributed by atoms with van der Waals surface area (Å²) in [6, 6.07) is 12.9. The van der Waals surface area contributed by atoms with Crippen LogP contribution in [0.1, 0.15) is 18.1 Å². The monoisotopic (exact) mass is 635 g/mol. The van der Waals surface area contributed by atoms with Gasteiger partial charge in [-0.1, -0.05) is 17.7 Å². The molecule has 0 radical (unpaired) electrons. The number of esters is 1. The summed E-state index contributed by atoms with van der Waals surface area (Å²) in [6.45, 7) is 1.98. The van der Waals surface area contributed by atoms with Crippen LogP contribution in [0.15, 0.2) is 65.3 Å². The van der Waals surface area contributed by atoms with Crippen LogP contribution < -0.4 is 9.47 Å². The predicted octanol–water partition coefficient (Wildman–Crippen LogP) is 6.30. The zero-order valence-corrected chi connectivity index (χ0v) is 21.8. The van der Waals surface area contributed by atoms with Gasteiger partial charge < -0.3 is 14.2 Å². The standard InChI is InChI=1S/C24H15ClIN3O8/c1-2-35-22-10-13(9-18-24(30)37-23(27-18)16-11-14(26)4-6-17(16)25)3-7-21(22)36-20-8-5-15(28(31)32)12-19(20)29(33)34/h3-12H,2H2,1H3/b18-9-. The second-order valence-corrected chi connectivity index (χ2v) is 9.02. The lowest BCUT2D eigenvalue weighted by Crippen LogP contribution is -2.06. The number of nitro benzene ring substituents is 2. The first-order valence-electron chi connectivity index (χ1n) is 10.5. The lowest BCUT2D eigenvalue weighted by atomic mass is 10.1. The molecular formula is C24H15ClIN3O8. The van der Waals surface area contributed by atoms with Crippen molar-refractivity contribution in [2.24, 2.45) is 4.99 Å². The Morgan fingerprint density at radius 3 is 2.49 bits per heavy atom. The summed E-state index contributed by atoms with van der Waals surface area (Å²) in [7, 11) is 0. The van der Waals surface area contributed by atoms with Crippen molar-refractivity contribution in [1.29, 1.82) is 0 Å². The van der Waals surface area contributed by atoms with Crippen molar-refractivity contribution in [3.8, 4) is 17.2 Å². The third-order valence-corrected chi connectivity index (χ3v) is 5.92. The molecule has 1 aliphatic heterocycles. The zero-order valence-electron chi connectivity index (χ0n) is 18.8. The Morgan fingerprint density at radius 2 is 1.78 bits per heavy atom. The highest BCUT2D eigenvalue weighted by Crippen LogP contribution is 2.39. The van der Waals surface area contributed by atoms with Crippen molar-refractivity contribution >= 4 is 63.5 Å². The van der Waals surface area contributed by atoms with Gasteiger partial charge in [-0.05, 0) is 77.6 Å². The molecule has 0 amide bonds. The number of nitro groups is 2. The van der Waals surface area contributed by atoms with E-state index in [2.05, 4.69) is 27.6 Å². The van der Waals surface area contributed by atoms with Crippen LogP contribution in [0.5, 0.6) is 17.2 Å². The molecule has 13 heteroatoms. The second-order valence-electron chi connectivity index (χ2n) is 7.37. The molecule has 0 fully saturated rings. The van der Waals surface area contributed by atoms with E-state index in [4.69, 9.17) is 25.8 Å². The summed E-state index contributed by atoms with van der Waals surface area (Å²) in [5.41, 5.74) is 0.00840. The molecule has 0 saturated heterocycles. The average Bonchev–Trinajstić information content (AvgIpc) is 3.22. The molecule has 0 aromatic heterocycles. The molecule has 0 aliphatic carbocycles. The molecule has 0 N–H and O–H groups in total. The van der Waals surface area contributed by atoms with E-state index in [1.807, 2.05) is 6.07 Å². The number of rotatable bonds is 8. The number of hydrogen-bond donors (Lipinski definition) is 0. The van der Waals surface area contributed by atoms with Gasteiger partial charge in [0, 0.05) is 9.64 Å². The Balaban J connectivity index is 1.67. The van der Waals surface area contributed by atoms with E-state index in [9.17, 15) is 25.0 Å². The number of carbonyl (C=O) groups is 1. The van der Waals surface area contributed by atoms with Crippen LogP contribution in [-0.4, -0.2) is 28.3 Å². The van der Waals surface area contributed by atoms with Crippen LogP contribution in [0.3, 0.4) is 0 Å². The van der Waals surface area contributed by atoms with Gasteiger partial charge in [-0.2, -0.15) is 0 Å². The highest BCUT2D eigenvalue weighted by Gasteiger charge is 2.26. The fraction of sp³-hybridized carbons (Fsp3) is 0.0833. The number of carbonyl (C=O) groups excluding carboxylic acids is 1. The molecule has 37 heavy (non-hydrogen) atoms. The zero-order chi connectivity index (χ0) is 26.7. The van der Waals surface area contributed by atoms with E-state index < -0.39 is 27.2 Å². The van der Waals surface area contributed by atoms with Crippen LogP contribution >= 0.6 is 34.2 Å². The number of cyclic esters (lactones) is 1. The highest BCUT2D eigenvalue weighted by molar-refractivity contribution is 14.1. The minimum atomic E-state index is -0.775. The van der Waals surface area contributed by atoms with Gasteiger partial charge in [0.2, 0.25) is 11.6 Å². The number of aliphatic imine (C=N–C) groups is 1. The molecule has 0 bridgehead atoms. The second kappa shape index (κ2) is 10.9. The van der Waals surface area contributed by atoms with Crippen LogP contribution in [-0.2, 0) is 9.53 Å². The molecule has 0 unspecified atom stereocenters. The molecule has 1 aliphatic rings. The maximum atomic E-state index is 12.4. The summed E-state index contributed by atoms with van der Waals surface area (Å²) in [5.74, 6) is -0.434. The fourth-order valence-corrected chi connectivity index (χ4v) is 3.97. The highest BCUT2D eigenvalue weighted by atomic mass is 127. The maximum absolute atomic E-state index is 12.4. The molecule has 11 nitrogen and oxygen atoms in total. The largest absolute Gasteiger partial charge is 0.490 e. The SMILES string of the molecule is CCOc1cc(/C=C2\N=C(c3cc(I)ccc3Cl)OC2=O)ccc1Oc1ccc([N+](=O)[O-])cc1[N+](=O)[O-]. The minimum absolute atomic E-state index is 0.0343. The third kappa shape index (κ3) is 5.86. The Hall–Kier alpha value is -4.04. The molecular weight excluding hydrogens is 621 g/mol. The van der Waals surface area contributed by atoms with E-state index >= 15 is 0 Å². The summed E-state index contributed by atoms with van der Waals surface area (Å²) in [4.78, 5) is 37.6. The van der Waals surface area contributed by atoms with Crippen LogP contribution in [0.4, 0.5) is 11.4 Å². The summed E-state index contributed by atoms with van der Waals surface area (Å²) in [5, 5.41) is 22.8. The number of nitrogens with zero attached hydrogens (tertiary/aromatic N) is 3. The van der Waals surface area contributed by atoms with E-state index in [1.165, 1.54) is 12.1 Å². The lowest BCUT2D eigenvalue weighted by Gasteiger charge is -2.12. The summed E-state index contributed by atoms with van der Waals surface area (Å²) < 4.78 is 17.5. The number of halogens is 2. The number of non-ortho nitro benzene ring substituents is 1. The van der Waals surface area contributed by atoms with Gasteiger partial charge in [0.25, 0.3) is 5.69 Å². The van der Waals surface area contributed by atoms with E-state index in [1.54, 1.807) is 31.2 Å². The first-order chi connectivity index (χ1) is 17.7. The molecule has 1 heterocycles. The summed E-state index contributed by atoms with van der Waals surface area (Å²) in [6.07, 6.45) is 1.48. The van der Waals surface area contributed by atoms with Gasteiger partial charge in [0.05, 0.1) is 33.1 Å². The smallest absolute Gasteiger partial charge is 0.363 e. The minimum Gasteiger partial charge on any atom is -0.490 e. The van der Waals surface area contributed by atoms with Crippen molar-refractivity contribution in [3.05, 3.63) is 100 Å². The van der Waals surface area contributed by atoms with Crippen molar-refractivity contribution in [3.63, 3.8) is 0 Å². The molecule has 0 spiro atoms. The van der Waals surface area contributed by atoms with Crippen LogP contribution in [0.2, 0.25) is 5.02 Å². The van der Waals surface area contributed by atoms with Crippen molar-refractivity contribution < 1.29 is 28.9 Å². The number of hydrogen-bond acceptors (Lipinski definition) is 9. The third-order valence-electron chi connectivity index (χ3n) is 4.92.